The molecule has 0 radical (unpaired) electrons. The first-order valence-corrected chi connectivity index (χ1v) is 4.82. The molecule has 0 aliphatic carbocycles. The zero-order valence-electron chi connectivity index (χ0n) is 7.39. The Labute approximate surface area is 84.3 Å². The minimum atomic E-state index is -0.964. The highest BCUT2D eigenvalue weighted by atomic mass is 79.9. The van der Waals surface area contributed by atoms with E-state index in [9.17, 15) is 9.59 Å². The van der Waals surface area contributed by atoms with E-state index in [2.05, 4.69) is 26.6 Å². The summed E-state index contributed by atoms with van der Waals surface area (Å²) in [5.41, 5.74) is -0.964. The number of amides is 3. The molecule has 1 aliphatic rings. The fourth-order valence-corrected chi connectivity index (χ4v) is 1.52. The van der Waals surface area contributed by atoms with E-state index in [1.807, 2.05) is 0 Å². The maximum Gasteiger partial charge on any atom is 0.323 e. The van der Waals surface area contributed by atoms with Gasteiger partial charge in [-0.3, -0.25) is 10.1 Å². The van der Waals surface area contributed by atoms with Gasteiger partial charge in [0.1, 0.15) is 4.83 Å². The van der Waals surface area contributed by atoms with Gasteiger partial charge in [0.25, 0.3) is 0 Å². The lowest BCUT2D eigenvalue weighted by atomic mass is 10.1. The van der Waals surface area contributed by atoms with Crippen LogP contribution in [0.5, 0.6) is 0 Å². The van der Waals surface area contributed by atoms with Crippen molar-refractivity contribution in [2.24, 2.45) is 0 Å². The number of carbonyl (C=O) groups excluding carboxylic acids is 2. The first-order chi connectivity index (χ1) is 5.99. The molecule has 0 aromatic heterocycles. The highest BCUT2D eigenvalue weighted by molar-refractivity contribution is 9.10. The van der Waals surface area contributed by atoms with E-state index in [-0.39, 0.29) is 5.91 Å². The summed E-state index contributed by atoms with van der Waals surface area (Å²) < 4.78 is 5.28. The van der Waals surface area contributed by atoms with Crippen molar-refractivity contribution in [3.8, 4) is 0 Å². The second-order valence-corrected chi connectivity index (χ2v) is 3.76. The fourth-order valence-electron chi connectivity index (χ4n) is 1.15. The summed E-state index contributed by atoms with van der Waals surface area (Å²) in [5, 5.41) is 4.66. The Balaban J connectivity index is 2.81. The zero-order valence-corrected chi connectivity index (χ0v) is 8.97. The maximum absolute atomic E-state index is 11.2. The Hall–Kier alpha value is -0.620. The van der Waals surface area contributed by atoms with E-state index >= 15 is 0 Å². The molecule has 0 aromatic rings. The SMILES string of the molecule is CCO[C@]1(C)NC(=O)NC(=O)[C@H]1Br. The van der Waals surface area contributed by atoms with Gasteiger partial charge in [0.2, 0.25) is 5.91 Å². The van der Waals surface area contributed by atoms with Gasteiger partial charge in [0.15, 0.2) is 5.72 Å². The van der Waals surface area contributed by atoms with Gasteiger partial charge < -0.3 is 10.1 Å². The van der Waals surface area contributed by atoms with Gasteiger partial charge in [0, 0.05) is 6.61 Å². The van der Waals surface area contributed by atoms with Crippen LogP contribution in [0.15, 0.2) is 0 Å². The average Bonchev–Trinajstić information content (AvgIpc) is 2.00. The molecule has 0 aromatic carbocycles. The molecule has 1 fully saturated rings. The number of urea groups is 1. The second kappa shape index (κ2) is 3.63. The Morgan fingerprint density at radius 3 is 2.77 bits per heavy atom. The molecule has 5 nitrogen and oxygen atoms in total. The summed E-state index contributed by atoms with van der Waals surface area (Å²) in [6.07, 6.45) is 0. The van der Waals surface area contributed by atoms with E-state index in [1.165, 1.54) is 0 Å². The lowest BCUT2D eigenvalue weighted by molar-refractivity contribution is -0.129. The predicted molar refractivity (Wildman–Crippen MR) is 49.4 cm³/mol. The molecule has 6 heteroatoms. The van der Waals surface area contributed by atoms with Gasteiger partial charge in [-0.2, -0.15) is 0 Å². The quantitative estimate of drug-likeness (QED) is 0.695. The van der Waals surface area contributed by atoms with Crippen LogP contribution in [0, 0.1) is 0 Å². The summed E-state index contributed by atoms with van der Waals surface area (Å²) in [5.74, 6) is -0.389. The number of imide groups is 1. The molecule has 13 heavy (non-hydrogen) atoms. The summed E-state index contributed by atoms with van der Waals surface area (Å²) in [7, 11) is 0. The van der Waals surface area contributed by atoms with Gasteiger partial charge in [-0.15, -0.1) is 0 Å². The summed E-state index contributed by atoms with van der Waals surface area (Å²) >= 11 is 3.15. The number of halogens is 1. The molecule has 0 spiro atoms. The second-order valence-electron chi connectivity index (χ2n) is 2.85. The monoisotopic (exact) mass is 250 g/mol. The largest absolute Gasteiger partial charge is 0.355 e. The molecule has 1 saturated heterocycles. The van der Waals surface area contributed by atoms with Crippen molar-refractivity contribution in [1.29, 1.82) is 0 Å². The van der Waals surface area contributed by atoms with E-state index in [0.29, 0.717) is 6.61 Å². The Morgan fingerprint density at radius 1 is 1.62 bits per heavy atom. The number of hydrogen-bond donors (Lipinski definition) is 2. The van der Waals surface area contributed by atoms with Crippen LogP contribution in [0.4, 0.5) is 4.79 Å². The first-order valence-electron chi connectivity index (χ1n) is 3.90. The molecule has 0 saturated carbocycles. The Bertz CT molecular complexity index is 246. The molecule has 74 valence electrons. The van der Waals surface area contributed by atoms with Crippen LogP contribution >= 0.6 is 15.9 Å². The van der Waals surface area contributed by atoms with Gasteiger partial charge in [-0.1, -0.05) is 15.9 Å². The van der Waals surface area contributed by atoms with Crippen LogP contribution < -0.4 is 10.6 Å². The topological polar surface area (TPSA) is 67.4 Å². The third-order valence-electron chi connectivity index (χ3n) is 1.76. The van der Waals surface area contributed by atoms with Crippen molar-refractivity contribution in [1.82, 2.24) is 10.6 Å². The van der Waals surface area contributed by atoms with Crippen molar-refractivity contribution in [2.75, 3.05) is 6.61 Å². The molecule has 0 bridgehead atoms. The minimum absolute atomic E-state index is 0.389. The van der Waals surface area contributed by atoms with Crippen LogP contribution in [0.2, 0.25) is 0 Å². The van der Waals surface area contributed by atoms with Crippen LogP contribution in [-0.2, 0) is 9.53 Å². The first kappa shape index (κ1) is 10.5. The Kier molecular flexibility index (Phi) is 2.92. The number of nitrogens with one attached hydrogen (secondary N) is 2. The van der Waals surface area contributed by atoms with E-state index < -0.39 is 16.6 Å². The molecule has 1 rings (SSSR count). The van der Waals surface area contributed by atoms with Crippen molar-refractivity contribution < 1.29 is 14.3 Å². The van der Waals surface area contributed by atoms with Crippen LogP contribution in [0.1, 0.15) is 13.8 Å². The van der Waals surface area contributed by atoms with Crippen LogP contribution in [0.25, 0.3) is 0 Å². The van der Waals surface area contributed by atoms with E-state index in [0.717, 1.165) is 0 Å². The molecule has 2 atom stereocenters. The van der Waals surface area contributed by atoms with Crippen molar-refractivity contribution in [2.45, 2.75) is 24.4 Å². The lowest BCUT2D eigenvalue weighted by Crippen LogP contribution is -2.67. The van der Waals surface area contributed by atoms with Gasteiger partial charge in [0.05, 0.1) is 0 Å². The summed E-state index contributed by atoms with van der Waals surface area (Å²) in [6.45, 7) is 3.86. The standard InChI is InChI=1S/C7H11BrN2O3/c1-3-13-7(2)4(8)5(11)9-6(12)10-7/h4H,3H2,1-2H3,(H2,9,10,11,12)/t4-,7+/m1/s1. The number of hydrogen-bond acceptors (Lipinski definition) is 3. The number of alkyl halides is 1. The average molecular weight is 251 g/mol. The van der Waals surface area contributed by atoms with Crippen molar-refractivity contribution in [3.63, 3.8) is 0 Å². The summed E-state index contributed by atoms with van der Waals surface area (Å²) in [4.78, 5) is 21.6. The minimum Gasteiger partial charge on any atom is -0.355 e. The fraction of sp³-hybridized carbons (Fsp3) is 0.714. The molecular weight excluding hydrogens is 240 g/mol. The van der Waals surface area contributed by atoms with Crippen LogP contribution in [0.3, 0.4) is 0 Å². The van der Waals surface area contributed by atoms with Crippen molar-refractivity contribution in [3.05, 3.63) is 0 Å². The third kappa shape index (κ3) is 2.00. The molecule has 1 aliphatic heterocycles. The number of carbonyl (C=O) groups is 2. The van der Waals surface area contributed by atoms with Crippen molar-refractivity contribution >= 4 is 27.9 Å². The zero-order chi connectivity index (χ0) is 10.1. The number of ether oxygens (including phenoxy) is 1. The highest BCUT2D eigenvalue weighted by Crippen LogP contribution is 2.22. The van der Waals surface area contributed by atoms with Gasteiger partial charge >= 0.3 is 6.03 Å². The highest BCUT2D eigenvalue weighted by Gasteiger charge is 2.44. The Morgan fingerprint density at radius 2 is 2.23 bits per heavy atom. The molecular formula is C7H11BrN2O3. The molecule has 3 amide bonds. The van der Waals surface area contributed by atoms with Gasteiger partial charge in [-0.05, 0) is 13.8 Å². The van der Waals surface area contributed by atoms with Gasteiger partial charge in [-0.25, -0.2) is 4.79 Å². The normalized spacial score (nSPS) is 33.9. The third-order valence-corrected chi connectivity index (χ3v) is 3.05. The predicted octanol–water partition coefficient (Wildman–Crippen LogP) is 0.342. The lowest BCUT2D eigenvalue weighted by Gasteiger charge is -2.37. The van der Waals surface area contributed by atoms with E-state index in [1.54, 1.807) is 13.8 Å². The maximum atomic E-state index is 11.2. The van der Waals surface area contributed by atoms with E-state index in [4.69, 9.17) is 4.74 Å². The smallest absolute Gasteiger partial charge is 0.323 e. The summed E-state index contributed by atoms with van der Waals surface area (Å²) in [6, 6.07) is -0.531. The molecule has 1 heterocycles. The number of rotatable bonds is 2. The molecule has 2 N–H and O–H groups in total. The molecule has 0 unspecified atom stereocenters. The van der Waals surface area contributed by atoms with Crippen LogP contribution in [-0.4, -0.2) is 29.1 Å².